The van der Waals surface area contributed by atoms with Gasteiger partial charge in [-0.3, -0.25) is 4.99 Å². The Morgan fingerprint density at radius 3 is 2.79 bits per heavy atom. The lowest BCUT2D eigenvalue weighted by Crippen LogP contribution is -2.39. The maximum absolute atomic E-state index is 4.35. The predicted molar refractivity (Wildman–Crippen MR) is 108 cm³/mol. The first-order chi connectivity index (χ1) is 11.7. The fraction of sp³-hybridized carbons (Fsp3) is 0.632. The summed E-state index contributed by atoms with van der Waals surface area (Å²) in [5.41, 5.74) is 2.66. The van der Waals surface area contributed by atoms with E-state index < -0.39 is 0 Å². The number of benzene rings is 1. The van der Waals surface area contributed by atoms with E-state index >= 15 is 0 Å². The molecule has 0 saturated carbocycles. The molecule has 0 radical (unpaired) electrons. The van der Waals surface area contributed by atoms with Crippen LogP contribution in [-0.2, 0) is 0 Å². The van der Waals surface area contributed by atoms with Gasteiger partial charge in [-0.15, -0.1) is 0 Å². The summed E-state index contributed by atoms with van der Waals surface area (Å²) in [5.74, 6) is 2.12. The van der Waals surface area contributed by atoms with Gasteiger partial charge in [0.2, 0.25) is 0 Å². The van der Waals surface area contributed by atoms with Crippen molar-refractivity contribution in [2.45, 2.75) is 38.6 Å². The molecule has 1 atom stereocenters. The highest BCUT2D eigenvalue weighted by molar-refractivity contribution is 7.98. The zero-order valence-corrected chi connectivity index (χ0v) is 16.2. The van der Waals surface area contributed by atoms with Crippen molar-refractivity contribution in [3.8, 4) is 0 Å². The molecule has 0 aliphatic carbocycles. The molecule has 0 amide bonds. The fourth-order valence-electron chi connectivity index (χ4n) is 3.03. The molecule has 0 aromatic heterocycles. The van der Waals surface area contributed by atoms with E-state index in [4.69, 9.17) is 0 Å². The van der Waals surface area contributed by atoms with E-state index in [1.165, 1.54) is 55.8 Å². The van der Waals surface area contributed by atoms with Gasteiger partial charge in [0, 0.05) is 32.4 Å². The fourth-order valence-corrected chi connectivity index (χ4v) is 3.52. The molecule has 24 heavy (non-hydrogen) atoms. The van der Waals surface area contributed by atoms with E-state index in [2.05, 4.69) is 58.0 Å². The molecule has 0 bridgehead atoms. The lowest BCUT2D eigenvalue weighted by Gasteiger charge is -2.22. The van der Waals surface area contributed by atoms with E-state index in [0.29, 0.717) is 0 Å². The Bertz CT molecular complexity index is 512. The quantitative estimate of drug-likeness (QED) is 0.427. The minimum Gasteiger partial charge on any atom is -0.372 e. The third-order valence-corrected chi connectivity index (χ3v) is 5.18. The van der Waals surface area contributed by atoms with Crippen molar-refractivity contribution in [3.05, 3.63) is 29.8 Å². The average Bonchev–Trinajstić information content (AvgIpc) is 3.15. The second-order valence-electron chi connectivity index (χ2n) is 6.35. The summed E-state index contributed by atoms with van der Waals surface area (Å²) in [4.78, 5) is 6.83. The summed E-state index contributed by atoms with van der Waals surface area (Å²) in [5, 5.41) is 6.92. The molecule has 2 rings (SSSR count). The van der Waals surface area contributed by atoms with Crippen LogP contribution in [0.25, 0.3) is 0 Å². The third-order valence-electron chi connectivity index (χ3n) is 4.49. The molecular formula is C19H32N4S. The van der Waals surface area contributed by atoms with Gasteiger partial charge in [0.05, 0.1) is 6.04 Å². The number of nitrogens with one attached hydrogen (secondary N) is 2. The SMILES string of the molecule is CN=C(NCCCCSC)NC(C)c1cccc(N2CCCC2)c1. The van der Waals surface area contributed by atoms with Crippen LogP contribution in [0.4, 0.5) is 5.69 Å². The molecule has 1 aromatic rings. The number of anilines is 1. The third kappa shape index (κ3) is 5.93. The summed E-state index contributed by atoms with van der Waals surface area (Å²) in [6.07, 6.45) is 7.21. The van der Waals surface area contributed by atoms with Gasteiger partial charge in [-0.25, -0.2) is 0 Å². The average molecular weight is 349 g/mol. The molecule has 2 N–H and O–H groups in total. The lowest BCUT2D eigenvalue weighted by atomic mass is 10.1. The monoisotopic (exact) mass is 348 g/mol. The van der Waals surface area contributed by atoms with Gasteiger partial charge >= 0.3 is 0 Å². The van der Waals surface area contributed by atoms with Crippen LogP contribution in [0.1, 0.15) is 44.2 Å². The predicted octanol–water partition coefficient (Wildman–Crippen LogP) is 3.66. The smallest absolute Gasteiger partial charge is 0.191 e. The largest absolute Gasteiger partial charge is 0.372 e. The van der Waals surface area contributed by atoms with Crippen molar-refractivity contribution < 1.29 is 0 Å². The highest BCUT2D eigenvalue weighted by Crippen LogP contribution is 2.23. The number of thioether (sulfide) groups is 1. The minimum absolute atomic E-state index is 0.241. The molecule has 1 aliphatic heterocycles. The molecule has 1 saturated heterocycles. The van der Waals surface area contributed by atoms with Crippen molar-refractivity contribution in [2.75, 3.05) is 43.6 Å². The van der Waals surface area contributed by atoms with Crippen LogP contribution in [0.3, 0.4) is 0 Å². The zero-order chi connectivity index (χ0) is 17.2. The van der Waals surface area contributed by atoms with Crippen molar-refractivity contribution in [1.29, 1.82) is 0 Å². The molecule has 4 nitrogen and oxygen atoms in total. The minimum atomic E-state index is 0.241. The summed E-state index contributed by atoms with van der Waals surface area (Å²) < 4.78 is 0. The molecule has 1 aliphatic rings. The van der Waals surface area contributed by atoms with Crippen LogP contribution >= 0.6 is 11.8 Å². The lowest BCUT2D eigenvalue weighted by molar-refractivity contribution is 0.671. The maximum atomic E-state index is 4.35. The Kier molecular flexibility index (Phi) is 8.29. The van der Waals surface area contributed by atoms with E-state index in [-0.39, 0.29) is 6.04 Å². The topological polar surface area (TPSA) is 39.7 Å². The maximum Gasteiger partial charge on any atom is 0.191 e. The number of guanidine groups is 1. The Hall–Kier alpha value is -1.36. The first kappa shape index (κ1) is 19.0. The molecule has 1 unspecified atom stereocenters. The molecule has 134 valence electrons. The first-order valence-corrected chi connectivity index (χ1v) is 10.4. The molecular weight excluding hydrogens is 316 g/mol. The summed E-state index contributed by atoms with van der Waals surface area (Å²) in [6.45, 7) is 5.54. The number of rotatable bonds is 8. The Morgan fingerprint density at radius 2 is 2.08 bits per heavy atom. The van der Waals surface area contributed by atoms with E-state index in [9.17, 15) is 0 Å². The molecule has 1 fully saturated rings. The van der Waals surface area contributed by atoms with E-state index in [0.717, 1.165) is 12.5 Å². The van der Waals surface area contributed by atoms with Gasteiger partial charge in [0.1, 0.15) is 0 Å². The first-order valence-electron chi connectivity index (χ1n) is 9.05. The van der Waals surface area contributed by atoms with Crippen molar-refractivity contribution in [1.82, 2.24) is 10.6 Å². The molecule has 0 spiro atoms. The number of aliphatic imine (C=N–C) groups is 1. The highest BCUT2D eigenvalue weighted by Gasteiger charge is 2.14. The van der Waals surface area contributed by atoms with Gasteiger partial charge in [0.25, 0.3) is 0 Å². The number of unbranched alkanes of at least 4 members (excludes halogenated alkanes) is 1. The van der Waals surface area contributed by atoms with Crippen LogP contribution in [-0.4, -0.2) is 44.7 Å². The second kappa shape index (κ2) is 10.5. The Labute approximate surface area is 151 Å². The number of hydrogen-bond acceptors (Lipinski definition) is 3. The standard InChI is InChI=1S/C19H32N4S/c1-16(22-19(20-2)21-11-4-7-14-24-3)17-9-8-10-18(15-17)23-12-5-6-13-23/h8-10,15-16H,4-7,11-14H2,1-3H3,(H2,20,21,22). The van der Waals surface area contributed by atoms with Crippen LogP contribution in [0.5, 0.6) is 0 Å². The van der Waals surface area contributed by atoms with Crippen LogP contribution in [0, 0.1) is 0 Å². The summed E-state index contributed by atoms with van der Waals surface area (Å²) in [7, 11) is 1.84. The molecule has 1 aromatic carbocycles. The van der Waals surface area contributed by atoms with Crippen molar-refractivity contribution in [2.24, 2.45) is 4.99 Å². The molecule has 1 heterocycles. The van der Waals surface area contributed by atoms with Crippen LogP contribution in [0.2, 0.25) is 0 Å². The highest BCUT2D eigenvalue weighted by atomic mass is 32.2. The summed E-state index contributed by atoms with van der Waals surface area (Å²) >= 11 is 1.91. The number of nitrogens with zero attached hydrogens (tertiary/aromatic N) is 2. The van der Waals surface area contributed by atoms with Gasteiger partial charge in [-0.05, 0) is 62.3 Å². The Balaban J connectivity index is 1.85. The normalized spacial score (nSPS) is 16.3. The number of hydrogen-bond donors (Lipinski definition) is 2. The van der Waals surface area contributed by atoms with Crippen LogP contribution < -0.4 is 15.5 Å². The van der Waals surface area contributed by atoms with Gasteiger partial charge in [-0.2, -0.15) is 11.8 Å². The molecule has 5 heteroatoms. The van der Waals surface area contributed by atoms with Crippen molar-refractivity contribution in [3.63, 3.8) is 0 Å². The second-order valence-corrected chi connectivity index (χ2v) is 7.34. The van der Waals surface area contributed by atoms with Gasteiger partial charge in [0.15, 0.2) is 5.96 Å². The van der Waals surface area contributed by atoms with Crippen molar-refractivity contribution >= 4 is 23.4 Å². The van der Waals surface area contributed by atoms with Crippen LogP contribution in [0.15, 0.2) is 29.3 Å². The summed E-state index contributed by atoms with van der Waals surface area (Å²) in [6, 6.07) is 9.14. The van der Waals surface area contributed by atoms with Gasteiger partial charge in [-0.1, -0.05) is 12.1 Å². The zero-order valence-electron chi connectivity index (χ0n) is 15.3. The Morgan fingerprint density at radius 1 is 1.29 bits per heavy atom. The van der Waals surface area contributed by atoms with E-state index in [1.807, 2.05) is 18.8 Å². The van der Waals surface area contributed by atoms with E-state index in [1.54, 1.807) is 0 Å². The van der Waals surface area contributed by atoms with Gasteiger partial charge < -0.3 is 15.5 Å².